The van der Waals surface area contributed by atoms with Gasteiger partial charge >= 0.3 is 0 Å². The summed E-state index contributed by atoms with van der Waals surface area (Å²) < 4.78 is 168. The van der Waals surface area contributed by atoms with E-state index >= 15 is 26.3 Å². The van der Waals surface area contributed by atoms with Crippen molar-refractivity contribution in [2.75, 3.05) is 5.75 Å². The van der Waals surface area contributed by atoms with Crippen LogP contribution in [0.1, 0.15) is 33.1 Å². The number of carbonyl (C=O) groups excluding carboxylic acids is 1. The van der Waals surface area contributed by atoms with E-state index in [2.05, 4.69) is 0 Å². The minimum atomic E-state index is -5.59. The topological polar surface area (TPSA) is 60.4 Å². The van der Waals surface area contributed by atoms with E-state index in [0.717, 1.165) is 0 Å². The second-order valence-corrected chi connectivity index (χ2v) is 15.4. The molecule has 2 aliphatic carbocycles. The Morgan fingerprint density at radius 2 is 1.05 bits per heavy atom. The molecule has 15 heteroatoms. The third kappa shape index (κ3) is 4.74. The van der Waals surface area contributed by atoms with Gasteiger partial charge in [0, 0.05) is 42.8 Å². The first-order valence-corrected chi connectivity index (χ1v) is 15.7. The highest BCUT2D eigenvalue weighted by atomic mass is 32.3. The maximum atomic E-state index is 15.6. The average molecular weight is 657 g/mol. The van der Waals surface area contributed by atoms with Gasteiger partial charge in [-0.25, -0.2) is 43.1 Å². The van der Waals surface area contributed by atoms with Crippen molar-refractivity contribution >= 4 is 26.2 Å². The smallest absolute Gasteiger partial charge is 0.278 e. The summed E-state index contributed by atoms with van der Waals surface area (Å²) >= 11 is 0. The van der Waals surface area contributed by atoms with Crippen molar-refractivity contribution in [3.63, 3.8) is 0 Å². The zero-order valence-corrected chi connectivity index (χ0v) is 23.9. The number of carbonyl (C=O) groups is 1. The second-order valence-electron chi connectivity index (χ2n) is 11.1. The lowest BCUT2D eigenvalue weighted by atomic mass is 9.70. The van der Waals surface area contributed by atoms with E-state index in [9.17, 15) is 26.4 Å². The lowest BCUT2D eigenvalue weighted by molar-refractivity contribution is -0.128. The molecule has 0 spiro atoms. The molecule has 3 aromatic rings. The van der Waals surface area contributed by atoms with Crippen molar-refractivity contribution in [3.8, 4) is 0 Å². The van der Waals surface area contributed by atoms with Gasteiger partial charge in [-0.1, -0.05) is 13.8 Å². The second kappa shape index (κ2) is 10.3. The lowest BCUT2D eigenvalue weighted by Gasteiger charge is -2.41. The first-order valence-electron chi connectivity index (χ1n) is 12.6. The summed E-state index contributed by atoms with van der Waals surface area (Å²) in [6, 6.07) is -0.425. The molecule has 0 N–H and O–H groups in total. The summed E-state index contributed by atoms with van der Waals surface area (Å²) in [7, 11) is -11.1. The Hall–Kier alpha value is -3.04. The Morgan fingerprint density at radius 3 is 1.33 bits per heavy atom. The fourth-order valence-electron chi connectivity index (χ4n) is 6.41. The minimum absolute atomic E-state index is 0.00619. The number of fused-ring (bicyclic) bond motifs is 2. The molecule has 0 aromatic heterocycles. The fourth-order valence-corrected chi connectivity index (χ4v) is 12.6. The van der Waals surface area contributed by atoms with Crippen molar-refractivity contribution in [3.05, 3.63) is 88.8 Å². The number of Topliss-reactive ketones (excluding diaryl/α,β-unsaturated/α-hetero) is 1. The molecule has 232 valence electrons. The number of rotatable bonds is 7. The molecule has 2 aliphatic rings. The molecule has 5 rings (SSSR count). The van der Waals surface area contributed by atoms with E-state index in [0.29, 0.717) is 6.42 Å². The van der Waals surface area contributed by atoms with E-state index < -0.39 is 110 Å². The fraction of sp³-hybridized carbons (Fsp3) is 0.321. The summed E-state index contributed by atoms with van der Waals surface area (Å²) in [6.45, 7) is 3.20. The normalized spacial score (nSPS) is 21.9. The summed E-state index contributed by atoms with van der Waals surface area (Å²) in [6.07, 6.45) is 0.381. The maximum Gasteiger partial charge on any atom is 0.278 e. The van der Waals surface area contributed by atoms with E-state index in [1.54, 1.807) is 13.8 Å². The molecular formula is C28H21F9O4S2. The van der Waals surface area contributed by atoms with Crippen LogP contribution >= 0.6 is 10.3 Å². The zero-order chi connectivity index (χ0) is 31.9. The van der Waals surface area contributed by atoms with Crippen molar-refractivity contribution in [2.45, 2.75) is 47.8 Å². The highest BCUT2D eigenvalue weighted by Crippen LogP contribution is 2.74. The van der Waals surface area contributed by atoms with Crippen LogP contribution in [-0.4, -0.2) is 20.0 Å². The number of hydrogen-bond acceptors (Lipinski definition) is 4. The molecule has 2 bridgehead atoms. The minimum Gasteiger partial charge on any atom is -0.299 e. The number of ketones is 1. The Labute approximate surface area is 241 Å². The number of hydrogen-bond donors (Lipinski definition) is 0. The van der Waals surface area contributed by atoms with Crippen LogP contribution in [0, 0.1) is 69.1 Å². The van der Waals surface area contributed by atoms with Crippen LogP contribution in [-0.2, 0) is 18.5 Å². The molecule has 43 heavy (non-hydrogen) atoms. The molecule has 2 saturated carbocycles. The van der Waals surface area contributed by atoms with Gasteiger partial charge in [0.1, 0.15) is 58.1 Å². The highest BCUT2D eigenvalue weighted by molar-refractivity contribution is 8.33. The SMILES string of the molecule is CC1(C)C2CCC1(CS(=O)(=O)OS(c1c(F)cc(F)cc1F)(c1c(F)cc(F)cc1F)c1c(F)cc(F)cc1F)C(=O)C2. The van der Waals surface area contributed by atoms with Gasteiger partial charge in [-0.2, -0.15) is 8.42 Å². The molecule has 0 heterocycles. The molecule has 2 unspecified atom stereocenters. The zero-order valence-electron chi connectivity index (χ0n) is 22.2. The predicted octanol–water partition coefficient (Wildman–Crippen LogP) is 7.88. The van der Waals surface area contributed by atoms with Crippen LogP contribution in [0.5, 0.6) is 0 Å². The highest BCUT2D eigenvalue weighted by Gasteiger charge is 2.66. The van der Waals surface area contributed by atoms with Gasteiger partial charge in [0.15, 0.2) is 0 Å². The monoisotopic (exact) mass is 656 g/mol. The summed E-state index contributed by atoms with van der Waals surface area (Å²) in [5.41, 5.74) is -2.65. The third-order valence-electron chi connectivity index (χ3n) is 8.52. The van der Waals surface area contributed by atoms with E-state index in [1.807, 2.05) is 0 Å². The van der Waals surface area contributed by atoms with Gasteiger partial charge in [-0.05, 0) is 34.5 Å². The Balaban J connectivity index is 1.90. The van der Waals surface area contributed by atoms with Gasteiger partial charge in [0.25, 0.3) is 10.1 Å². The molecule has 4 nitrogen and oxygen atoms in total. The number of halogens is 9. The van der Waals surface area contributed by atoms with Crippen LogP contribution in [0.4, 0.5) is 39.5 Å². The largest absolute Gasteiger partial charge is 0.299 e. The average Bonchev–Trinajstić information content (AvgIpc) is 3.15. The van der Waals surface area contributed by atoms with Gasteiger partial charge in [-0.3, -0.25) is 4.79 Å². The van der Waals surface area contributed by atoms with Crippen LogP contribution in [0.25, 0.3) is 0 Å². The summed E-state index contributed by atoms with van der Waals surface area (Å²) in [5.74, 6) is -19.4. The third-order valence-corrected chi connectivity index (χ3v) is 13.9. The van der Waals surface area contributed by atoms with Crippen LogP contribution in [0.15, 0.2) is 51.1 Å². The number of benzene rings is 3. The van der Waals surface area contributed by atoms with Gasteiger partial charge in [0.2, 0.25) is 0 Å². The molecule has 2 fully saturated rings. The van der Waals surface area contributed by atoms with E-state index in [-0.39, 0.29) is 55.2 Å². The first-order chi connectivity index (χ1) is 19.9. The molecule has 0 amide bonds. The standard InChI is InChI=1S/C28H21F9O4S2/c1-27(2)13-3-4-28(27,23(38)5-13)12-42(39,40)41-43(24-17(32)6-14(29)7-18(24)33,25-19(34)8-15(30)9-20(25)35)26-21(36)10-16(31)11-22(26)37/h6-11,13H,3-5,12H2,1-2H3. The van der Waals surface area contributed by atoms with Crippen molar-refractivity contribution in [1.82, 2.24) is 0 Å². The Bertz CT molecular complexity index is 1590. The summed E-state index contributed by atoms with van der Waals surface area (Å²) in [5, 5.41) is 0. The van der Waals surface area contributed by atoms with Crippen molar-refractivity contribution < 1.29 is 56.4 Å². The molecule has 0 saturated heterocycles. The summed E-state index contributed by atoms with van der Waals surface area (Å²) in [4.78, 5) is 7.54. The van der Waals surface area contributed by atoms with Gasteiger partial charge in [0.05, 0.1) is 25.9 Å². The molecule has 2 atom stereocenters. The lowest BCUT2D eigenvalue weighted by Crippen LogP contribution is -2.42. The quantitative estimate of drug-likeness (QED) is 0.243. The van der Waals surface area contributed by atoms with Crippen molar-refractivity contribution in [1.29, 1.82) is 0 Å². The Kier molecular flexibility index (Phi) is 7.49. The first kappa shape index (κ1) is 31.4. The molecule has 3 aromatic carbocycles. The van der Waals surface area contributed by atoms with Gasteiger partial charge in [-0.15, -0.1) is 0 Å². The van der Waals surface area contributed by atoms with Gasteiger partial charge < -0.3 is 0 Å². The Morgan fingerprint density at radius 1 is 0.698 bits per heavy atom. The van der Waals surface area contributed by atoms with Crippen molar-refractivity contribution in [2.24, 2.45) is 16.7 Å². The van der Waals surface area contributed by atoms with E-state index in [1.165, 1.54) is 0 Å². The predicted molar refractivity (Wildman–Crippen MR) is 135 cm³/mol. The van der Waals surface area contributed by atoms with E-state index in [4.69, 9.17) is 3.63 Å². The molecule has 0 aliphatic heterocycles. The molecule has 0 radical (unpaired) electrons. The molecular weight excluding hydrogens is 635 g/mol. The maximum absolute atomic E-state index is 15.6. The van der Waals surface area contributed by atoms with Crippen LogP contribution < -0.4 is 0 Å². The van der Waals surface area contributed by atoms with Crippen LogP contribution in [0.2, 0.25) is 0 Å². The van der Waals surface area contributed by atoms with Crippen LogP contribution in [0.3, 0.4) is 0 Å².